The first-order chi connectivity index (χ1) is 6.52. The minimum Gasteiger partial charge on any atom is -0.388 e. The maximum absolute atomic E-state index is 11.6. The molecule has 0 aliphatic carbocycles. The highest BCUT2D eigenvalue weighted by atomic mass is 32.2. The highest BCUT2D eigenvalue weighted by Crippen LogP contribution is 2.15. The number of nitrogens with two attached hydrogens (primary N) is 1. The van der Waals surface area contributed by atoms with E-state index < -0.39 is 10.0 Å². The van der Waals surface area contributed by atoms with Gasteiger partial charge in [-0.1, -0.05) is 20.8 Å². The van der Waals surface area contributed by atoms with Crippen LogP contribution in [0.3, 0.4) is 0 Å². The van der Waals surface area contributed by atoms with Crippen molar-refractivity contribution in [2.75, 3.05) is 5.75 Å². The van der Waals surface area contributed by atoms with Crippen LogP contribution in [0.2, 0.25) is 0 Å². The molecule has 0 radical (unpaired) electrons. The summed E-state index contributed by atoms with van der Waals surface area (Å²) in [5, 5.41) is 7.06. The van der Waals surface area contributed by atoms with E-state index in [9.17, 15) is 8.42 Å². The van der Waals surface area contributed by atoms with Crippen LogP contribution in [-0.4, -0.2) is 26.0 Å². The molecule has 1 atom stereocenters. The van der Waals surface area contributed by atoms with E-state index in [4.69, 9.17) is 11.1 Å². The van der Waals surface area contributed by atoms with Gasteiger partial charge < -0.3 is 5.73 Å². The van der Waals surface area contributed by atoms with Crippen LogP contribution >= 0.6 is 0 Å². The summed E-state index contributed by atoms with van der Waals surface area (Å²) in [6.45, 7) is 7.28. The maximum Gasteiger partial charge on any atom is 0.212 e. The van der Waals surface area contributed by atoms with E-state index in [2.05, 4.69) is 4.72 Å². The average molecular weight is 235 g/mol. The quantitative estimate of drug-likeness (QED) is 0.482. The molecule has 0 amide bonds. The van der Waals surface area contributed by atoms with Crippen molar-refractivity contribution in [2.45, 2.75) is 40.2 Å². The molecule has 0 aromatic carbocycles. The summed E-state index contributed by atoms with van der Waals surface area (Å²) >= 11 is 0. The van der Waals surface area contributed by atoms with Gasteiger partial charge in [-0.2, -0.15) is 0 Å². The molecule has 0 saturated heterocycles. The number of amidine groups is 1. The Labute approximate surface area is 92.0 Å². The van der Waals surface area contributed by atoms with Crippen LogP contribution in [0.5, 0.6) is 0 Å². The Morgan fingerprint density at radius 1 is 1.47 bits per heavy atom. The summed E-state index contributed by atoms with van der Waals surface area (Å²) in [6.07, 6.45) is 0.239. The van der Waals surface area contributed by atoms with Crippen LogP contribution in [0.1, 0.15) is 34.1 Å². The fourth-order valence-corrected chi connectivity index (χ4v) is 3.21. The van der Waals surface area contributed by atoms with E-state index in [1.54, 1.807) is 6.92 Å². The zero-order valence-corrected chi connectivity index (χ0v) is 10.6. The van der Waals surface area contributed by atoms with Crippen molar-refractivity contribution < 1.29 is 8.42 Å². The molecule has 0 spiro atoms. The molecule has 0 aliphatic rings. The Bertz CT molecular complexity index is 317. The first-order valence-electron chi connectivity index (χ1n) is 4.85. The monoisotopic (exact) mass is 235 g/mol. The third kappa shape index (κ3) is 8.38. The topological polar surface area (TPSA) is 96.0 Å². The van der Waals surface area contributed by atoms with Crippen LogP contribution in [-0.2, 0) is 10.0 Å². The lowest BCUT2D eigenvalue weighted by Crippen LogP contribution is -2.39. The number of hydrogen-bond donors (Lipinski definition) is 3. The van der Waals surface area contributed by atoms with Crippen LogP contribution in [0.15, 0.2) is 0 Å². The average Bonchev–Trinajstić information content (AvgIpc) is 1.73. The van der Waals surface area contributed by atoms with Crippen molar-refractivity contribution >= 4 is 15.9 Å². The molecule has 0 rings (SSSR count). The fraction of sp³-hybridized carbons (Fsp3) is 0.889. The smallest absolute Gasteiger partial charge is 0.212 e. The van der Waals surface area contributed by atoms with Gasteiger partial charge in [0.25, 0.3) is 0 Å². The molecule has 0 aromatic heterocycles. The Kier molecular flexibility index (Phi) is 4.73. The van der Waals surface area contributed by atoms with Gasteiger partial charge in [0, 0.05) is 12.5 Å². The lowest BCUT2D eigenvalue weighted by Gasteiger charge is -2.20. The maximum atomic E-state index is 11.6. The molecule has 0 aliphatic heterocycles. The van der Waals surface area contributed by atoms with Gasteiger partial charge in [0.2, 0.25) is 10.0 Å². The van der Waals surface area contributed by atoms with Crippen LogP contribution in [0.25, 0.3) is 0 Å². The summed E-state index contributed by atoms with van der Waals surface area (Å²) in [5.41, 5.74) is 4.91. The normalized spacial score (nSPS) is 14.9. The van der Waals surface area contributed by atoms with Crippen LogP contribution in [0.4, 0.5) is 0 Å². The number of nitrogens with one attached hydrogen (secondary N) is 2. The second kappa shape index (κ2) is 4.94. The first-order valence-corrected chi connectivity index (χ1v) is 6.50. The van der Waals surface area contributed by atoms with Crippen LogP contribution < -0.4 is 10.5 Å². The Balaban J connectivity index is 4.33. The zero-order valence-electron chi connectivity index (χ0n) is 9.79. The predicted molar refractivity (Wildman–Crippen MR) is 62.4 cm³/mol. The van der Waals surface area contributed by atoms with Crippen molar-refractivity contribution in [1.29, 1.82) is 5.41 Å². The molecule has 15 heavy (non-hydrogen) atoms. The summed E-state index contributed by atoms with van der Waals surface area (Å²) < 4.78 is 25.7. The van der Waals surface area contributed by atoms with Crippen molar-refractivity contribution in [2.24, 2.45) is 11.1 Å². The molecular weight excluding hydrogens is 214 g/mol. The summed E-state index contributed by atoms with van der Waals surface area (Å²) in [4.78, 5) is 0. The predicted octanol–water partition coefficient (Wildman–Crippen LogP) is 0.666. The molecule has 0 heterocycles. The van der Waals surface area contributed by atoms with E-state index in [0.717, 1.165) is 0 Å². The van der Waals surface area contributed by atoms with E-state index >= 15 is 0 Å². The minimum absolute atomic E-state index is 0.0130. The first kappa shape index (κ1) is 14.4. The molecule has 0 saturated carbocycles. The van der Waals surface area contributed by atoms with E-state index in [0.29, 0.717) is 0 Å². The molecule has 1 unspecified atom stereocenters. The third-order valence-corrected chi connectivity index (χ3v) is 3.54. The Hall–Kier alpha value is -0.620. The summed E-state index contributed by atoms with van der Waals surface area (Å²) in [7, 11) is -3.29. The van der Waals surface area contributed by atoms with Gasteiger partial charge in [-0.05, 0) is 12.3 Å². The number of rotatable bonds is 5. The van der Waals surface area contributed by atoms with Gasteiger partial charge in [-0.15, -0.1) is 0 Å². The lowest BCUT2D eigenvalue weighted by molar-refractivity contribution is 0.455. The summed E-state index contributed by atoms with van der Waals surface area (Å²) in [6, 6.07) is -0.324. The number of hydrogen-bond acceptors (Lipinski definition) is 3. The Morgan fingerprint density at radius 3 is 2.27 bits per heavy atom. The minimum atomic E-state index is -3.29. The van der Waals surface area contributed by atoms with Gasteiger partial charge in [0.1, 0.15) is 0 Å². The van der Waals surface area contributed by atoms with Crippen LogP contribution in [0, 0.1) is 10.8 Å². The van der Waals surface area contributed by atoms with Crippen molar-refractivity contribution in [1.82, 2.24) is 4.72 Å². The van der Waals surface area contributed by atoms with Gasteiger partial charge in [0.05, 0.1) is 11.6 Å². The van der Waals surface area contributed by atoms with Gasteiger partial charge in [-0.3, -0.25) is 5.41 Å². The summed E-state index contributed by atoms with van der Waals surface area (Å²) in [5.74, 6) is 0.0587. The number of sulfonamides is 1. The molecule has 5 nitrogen and oxygen atoms in total. The molecule has 6 heteroatoms. The molecule has 0 bridgehead atoms. The molecule has 90 valence electrons. The Morgan fingerprint density at radius 2 is 1.93 bits per heavy atom. The largest absolute Gasteiger partial charge is 0.388 e. The van der Waals surface area contributed by atoms with Crippen molar-refractivity contribution in [3.63, 3.8) is 0 Å². The molecule has 0 aromatic rings. The fourth-order valence-electron chi connectivity index (χ4n) is 1.29. The molecule has 4 N–H and O–H groups in total. The van der Waals surface area contributed by atoms with Gasteiger partial charge >= 0.3 is 0 Å². The van der Waals surface area contributed by atoms with E-state index in [1.807, 2.05) is 20.8 Å². The highest BCUT2D eigenvalue weighted by molar-refractivity contribution is 7.89. The van der Waals surface area contributed by atoms with Crippen molar-refractivity contribution in [3.8, 4) is 0 Å². The highest BCUT2D eigenvalue weighted by Gasteiger charge is 2.23. The van der Waals surface area contributed by atoms with E-state index in [1.165, 1.54) is 0 Å². The van der Waals surface area contributed by atoms with Gasteiger partial charge in [0.15, 0.2) is 0 Å². The van der Waals surface area contributed by atoms with Crippen molar-refractivity contribution in [3.05, 3.63) is 0 Å². The van der Waals surface area contributed by atoms with E-state index in [-0.39, 0.29) is 29.5 Å². The molecular formula is C9H21N3O2S. The zero-order chi connectivity index (χ0) is 12.3. The molecule has 0 fully saturated rings. The second-order valence-electron chi connectivity index (χ2n) is 5.07. The third-order valence-electron chi connectivity index (χ3n) is 1.53. The lowest BCUT2D eigenvalue weighted by atomic mass is 10.0. The van der Waals surface area contributed by atoms with Gasteiger partial charge in [-0.25, -0.2) is 13.1 Å². The SMILES string of the molecule is CC(CC(=N)N)NS(=O)(=O)CC(C)(C)C. The standard InChI is InChI=1S/C9H21N3O2S/c1-7(5-8(10)11)12-15(13,14)6-9(2,3)4/h7,12H,5-6H2,1-4H3,(H3,10,11). The second-order valence-corrected chi connectivity index (χ2v) is 6.82.